The molecular weight excluding hydrogens is 426 g/mol. The lowest BCUT2D eigenvalue weighted by Gasteiger charge is -2.09. The van der Waals surface area contributed by atoms with Crippen molar-refractivity contribution in [1.29, 1.82) is 0 Å². The number of nitrogens with one attached hydrogen (secondary N) is 1. The molecular formula is C24H18ClN5O2. The zero-order chi connectivity index (χ0) is 21.9. The third-order valence-corrected chi connectivity index (χ3v) is 5.10. The molecule has 0 amide bonds. The third kappa shape index (κ3) is 4.06. The predicted molar refractivity (Wildman–Crippen MR) is 124 cm³/mol. The van der Waals surface area contributed by atoms with Gasteiger partial charge in [-0.1, -0.05) is 11.6 Å². The highest BCUT2D eigenvalue weighted by Gasteiger charge is 2.11. The second kappa shape index (κ2) is 8.56. The molecule has 3 aromatic carbocycles. The van der Waals surface area contributed by atoms with Gasteiger partial charge in [0.05, 0.1) is 24.4 Å². The fourth-order valence-electron chi connectivity index (χ4n) is 3.24. The first kappa shape index (κ1) is 19.8. The highest BCUT2D eigenvalue weighted by atomic mass is 35.5. The molecule has 0 aliphatic rings. The summed E-state index contributed by atoms with van der Waals surface area (Å²) in [6.45, 7) is 0. The van der Waals surface area contributed by atoms with Gasteiger partial charge in [-0.3, -0.25) is 0 Å². The Hall–Kier alpha value is -4.10. The summed E-state index contributed by atoms with van der Waals surface area (Å²) in [6, 6.07) is 22.5. The van der Waals surface area contributed by atoms with Crippen molar-refractivity contribution in [2.24, 2.45) is 0 Å². The number of rotatable bonds is 6. The Morgan fingerprint density at radius 3 is 2.16 bits per heavy atom. The summed E-state index contributed by atoms with van der Waals surface area (Å²) in [4.78, 5) is 8.81. The molecule has 0 fully saturated rings. The molecule has 0 bridgehead atoms. The molecule has 0 unspecified atom stereocenters. The van der Waals surface area contributed by atoms with Gasteiger partial charge in [0.1, 0.15) is 29.4 Å². The summed E-state index contributed by atoms with van der Waals surface area (Å²) >= 11 is 5.92. The second-order valence-electron chi connectivity index (χ2n) is 6.92. The number of benzene rings is 3. The van der Waals surface area contributed by atoms with E-state index < -0.39 is 0 Å². The molecule has 0 atom stereocenters. The Labute approximate surface area is 189 Å². The van der Waals surface area contributed by atoms with Crippen molar-refractivity contribution < 1.29 is 9.47 Å². The van der Waals surface area contributed by atoms with Crippen LogP contribution in [0.3, 0.4) is 0 Å². The maximum absolute atomic E-state index is 5.92. The maximum atomic E-state index is 5.92. The van der Waals surface area contributed by atoms with E-state index in [4.69, 9.17) is 21.1 Å². The van der Waals surface area contributed by atoms with Crippen molar-refractivity contribution in [3.8, 4) is 22.9 Å². The SMILES string of the molecule is COc1ccc(-n2ncc3c(Nc4ccc(Oc5ccc(Cl)cc5)cc4)ncnc32)cc1. The van der Waals surface area contributed by atoms with Gasteiger partial charge in [-0.25, -0.2) is 14.6 Å². The summed E-state index contributed by atoms with van der Waals surface area (Å²) < 4.78 is 12.8. The van der Waals surface area contributed by atoms with Gasteiger partial charge in [0.15, 0.2) is 5.65 Å². The predicted octanol–water partition coefficient (Wildman–Crippen LogP) is 6.01. The van der Waals surface area contributed by atoms with Crippen LogP contribution in [0.1, 0.15) is 0 Å². The fourth-order valence-corrected chi connectivity index (χ4v) is 3.36. The highest BCUT2D eigenvalue weighted by Crippen LogP contribution is 2.28. The minimum Gasteiger partial charge on any atom is -0.497 e. The molecule has 8 heteroatoms. The summed E-state index contributed by atoms with van der Waals surface area (Å²) in [5.74, 6) is 2.89. The number of aromatic nitrogens is 4. The first-order valence-corrected chi connectivity index (χ1v) is 10.2. The monoisotopic (exact) mass is 443 g/mol. The van der Waals surface area contributed by atoms with Gasteiger partial charge >= 0.3 is 0 Å². The number of halogens is 1. The Kier molecular flexibility index (Phi) is 5.31. The molecule has 0 aliphatic carbocycles. The number of fused-ring (bicyclic) bond motifs is 1. The minimum atomic E-state index is 0.668. The smallest absolute Gasteiger partial charge is 0.168 e. The molecule has 5 aromatic rings. The number of nitrogens with zero attached hydrogens (tertiary/aromatic N) is 4. The molecule has 7 nitrogen and oxygen atoms in total. The first-order valence-electron chi connectivity index (χ1n) is 9.83. The number of methoxy groups -OCH3 is 1. The average Bonchev–Trinajstić information content (AvgIpc) is 3.27. The van der Waals surface area contributed by atoms with E-state index in [9.17, 15) is 0 Å². The minimum absolute atomic E-state index is 0.668. The van der Waals surface area contributed by atoms with Crippen LogP contribution in [0.5, 0.6) is 17.2 Å². The zero-order valence-corrected chi connectivity index (χ0v) is 17.8. The maximum Gasteiger partial charge on any atom is 0.168 e. The van der Waals surface area contributed by atoms with Gasteiger partial charge in [-0.05, 0) is 72.8 Å². The van der Waals surface area contributed by atoms with E-state index in [0.29, 0.717) is 16.5 Å². The topological polar surface area (TPSA) is 74.1 Å². The Morgan fingerprint density at radius 2 is 1.47 bits per heavy atom. The lowest BCUT2D eigenvalue weighted by Crippen LogP contribution is -1.99. The van der Waals surface area contributed by atoms with Crippen LogP contribution in [0.4, 0.5) is 11.5 Å². The number of hydrogen-bond acceptors (Lipinski definition) is 6. The lowest BCUT2D eigenvalue weighted by atomic mass is 10.3. The van der Waals surface area contributed by atoms with Crippen LogP contribution in [0.2, 0.25) is 5.02 Å². The van der Waals surface area contributed by atoms with Crippen molar-refractivity contribution in [2.45, 2.75) is 0 Å². The normalized spacial score (nSPS) is 10.8. The molecule has 0 saturated heterocycles. The Balaban J connectivity index is 1.37. The molecule has 0 aliphatic heterocycles. The van der Waals surface area contributed by atoms with Gasteiger partial charge in [-0.2, -0.15) is 5.10 Å². The fraction of sp³-hybridized carbons (Fsp3) is 0.0417. The molecule has 2 aromatic heterocycles. The van der Waals surface area contributed by atoms with Crippen molar-refractivity contribution in [3.63, 3.8) is 0 Å². The molecule has 1 N–H and O–H groups in total. The molecule has 2 heterocycles. The van der Waals surface area contributed by atoms with Gasteiger partial charge < -0.3 is 14.8 Å². The summed E-state index contributed by atoms with van der Waals surface area (Å²) in [5, 5.41) is 9.31. The van der Waals surface area contributed by atoms with Crippen LogP contribution < -0.4 is 14.8 Å². The van der Waals surface area contributed by atoms with E-state index in [-0.39, 0.29) is 0 Å². The Bertz CT molecular complexity index is 1350. The van der Waals surface area contributed by atoms with Crippen LogP contribution in [0, 0.1) is 0 Å². The lowest BCUT2D eigenvalue weighted by molar-refractivity contribution is 0.414. The molecule has 0 saturated carbocycles. The summed E-state index contributed by atoms with van der Waals surface area (Å²) in [6.07, 6.45) is 3.27. The van der Waals surface area contributed by atoms with Crippen molar-refractivity contribution in [1.82, 2.24) is 19.7 Å². The number of ether oxygens (including phenoxy) is 2. The van der Waals surface area contributed by atoms with Gasteiger partial charge in [0, 0.05) is 10.7 Å². The zero-order valence-electron chi connectivity index (χ0n) is 17.1. The van der Waals surface area contributed by atoms with Crippen LogP contribution in [-0.4, -0.2) is 26.9 Å². The van der Waals surface area contributed by atoms with Crippen LogP contribution >= 0.6 is 11.6 Å². The van der Waals surface area contributed by atoms with Crippen molar-refractivity contribution in [3.05, 3.63) is 90.3 Å². The van der Waals surface area contributed by atoms with Crippen molar-refractivity contribution in [2.75, 3.05) is 12.4 Å². The first-order chi connectivity index (χ1) is 15.7. The quantitative estimate of drug-likeness (QED) is 0.346. The van der Waals surface area contributed by atoms with Crippen LogP contribution in [0.25, 0.3) is 16.7 Å². The van der Waals surface area contributed by atoms with Gasteiger partial charge in [-0.15, -0.1) is 0 Å². The van der Waals surface area contributed by atoms with Gasteiger partial charge in [0.2, 0.25) is 0 Å². The molecule has 0 spiro atoms. The second-order valence-corrected chi connectivity index (χ2v) is 7.36. The van der Waals surface area contributed by atoms with E-state index in [1.54, 1.807) is 30.1 Å². The molecule has 5 rings (SSSR count). The summed E-state index contributed by atoms with van der Waals surface area (Å²) in [5.41, 5.74) is 2.45. The van der Waals surface area contributed by atoms with Crippen LogP contribution in [-0.2, 0) is 0 Å². The standard InChI is InChI=1S/C24H18ClN5O2/c1-31-19-12-6-18(7-13-19)30-24-22(14-28-30)23(26-15-27-24)29-17-4-10-21(11-5-17)32-20-8-2-16(25)3-9-20/h2-15H,1H3,(H,26,27,29). The van der Waals surface area contributed by atoms with Crippen LogP contribution in [0.15, 0.2) is 85.3 Å². The molecule has 32 heavy (non-hydrogen) atoms. The van der Waals surface area contributed by atoms with Gasteiger partial charge in [0.25, 0.3) is 0 Å². The van der Waals surface area contributed by atoms with E-state index >= 15 is 0 Å². The largest absolute Gasteiger partial charge is 0.497 e. The van der Waals surface area contributed by atoms with E-state index in [1.165, 1.54) is 6.33 Å². The van der Waals surface area contributed by atoms with E-state index in [0.717, 1.165) is 34.0 Å². The molecule has 158 valence electrons. The number of hydrogen-bond donors (Lipinski definition) is 1. The Morgan fingerprint density at radius 1 is 0.812 bits per heavy atom. The van der Waals surface area contributed by atoms with E-state index in [2.05, 4.69) is 20.4 Å². The number of anilines is 2. The molecule has 0 radical (unpaired) electrons. The highest BCUT2D eigenvalue weighted by molar-refractivity contribution is 6.30. The average molecular weight is 444 g/mol. The third-order valence-electron chi connectivity index (χ3n) is 4.85. The van der Waals surface area contributed by atoms with E-state index in [1.807, 2.05) is 60.7 Å². The summed E-state index contributed by atoms with van der Waals surface area (Å²) in [7, 11) is 1.64. The van der Waals surface area contributed by atoms with Crippen molar-refractivity contribution >= 4 is 34.1 Å².